The van der Waals surface area contributed by atoms with Crippen LogP contribution in [0.3, 0.4) is 0 Å². The highest BCUT2D eigenvalue weighted by atomic mass is 35.5. The SMILES string of the molecule is Cc1ccc(Cl)cc1NCN1C(=O)SC(=Cc2ccc(N(C)C)cc2)C1=O. The third kappa shape index (κ3) is 4.46. The molecule has 1 heterocycles. The van der Waals surface area contributed by atoms with Crippen LogP contribution in [0.5, 0.6) is 0 Å². The summed E-state index contributed by atoms with van der Waals surface area (Å²) in [5.74, 6) is -0.297. The van der Waals surface area contributed by atoms with E-state index in [-0.39, 0.29) is 17.8 Å². The number of benzene rings is 2. The van der Waals surface area contributed by atoms with Gasteiger partial charge in [-0.2, -0.15) is 0 Å². The lowest BCUT2D eigenvalue weighted by molar-refractivity contribution is -0.122. The van der Waals surface area contributed by atoms with Crippen molar-refractivity contribution in [2.75, 3.05) is 31.0 Å². The van der Waals surface area contributed by atoms with Crippen molar-refractivity contribution in [1.82, 2.24) is 4.90 Å². The topological polar surface area (TPSA) is 52.7 Å². The fourth-order valence-corrected chi connectivity index (χ4v) is 3.62. The summed E-state index contributed by atoms with van der Waals surface area (Å²) in [7, 11) is 3.93. The maximum atomic E-state index is 12.6. The van der Waals surface area contributed by atoms with Crippen LogP contribution in [0.15, 0.2) is 47.4 Å². The Bertz CT molecular complexity index is 910. The Hall–Kier alpha value is -2.44. The molecule has 1 fully saturated rings. The quantitative estimate of drug-likeness (QED) is 0.728. The molecular weight excluding hydrogens is 382 g/mol. The van der Waals surface area contributed by atoms with Gasteiger partial charge in [0.05, 0.1) is 11.6 Å². The second kappa shape index (κ2) is 8.06. The van der Waals surface area contributed by atoms with Crippen LogP contribution in [-0.4, -0.2) is 36.8 Å². The fraction of sp³-hybridized carbons (Fsp3) is 0.200. The van der Waals surface area contributed by atoms with Crippen molar-refractivity contribution >= 4 is 52.0 Å². The summed E-state index contributed by atoms with van der Waals surface area (Å²) in [4.78, 5) is 28.5. The molecule has 0 spiro atoms. The van der Waals surface area contributed by atoms with Gasteiger partial charge in [-0.3, -0.25) is 14.5 Å². The first-order chi connectivity index (χ1) is 12.8. The van der Waals surface area contributed by atoms with Crippen molar-refractivity contribution in [3.8, 4) is 0 Å². The van der Waals surface area contributed by atoms with Crippen molar-refractivity contribution in [2.24, 2.45) is 0 Å². The number of thioether (sulfide) groups is 1. The number of anilines is 2. The number of hydrogen-bond donors (Lipinski definition) is 1. The zero-order valence-corrected chi connectivity index (χ0v) is 16.9. The van der Waals surface area contributed by atoms with E-state index in [1.54, 1.807) is 18.2 Å². The molecule has 0 radical (unpaired) electrons. The molecule has 2 aromatic rings. The molecule has 1 N–H and O–H groups in total. The van der Waals surface area contributed by atoms with Crippen LogP contribution < -0.4 is 10.2 Å². The number of hydrogen-bond acceptors (Lipinski definition) is 5. The van der Waals surface area contributed by atoms with E-state index in [9.17, 15) is 9.59 Å². The molecule has 7 heteroatoms. The predicted molar refractivity (Wildman–Crippen MR) is 113 cm³/mol. The number of carbonyl (C=O) groups is 2. The molecule has 2 aromatic carbocycles. The van der Waals surface area contributed by atoms with Gasteiger partial charge in [0.1, 0.15) is 0 Å². The minimum atomic E-state index is -0.297. The number of imide groups is 1. The van der Waals surface area contributed by atoms with Gasteiger partial charge in [0.15, 0.2) is 0 Å². The molecule has 0 atom stereocenters. The van der Waals surface area contributed by atoms with Crippen molar-refractivity contribution in [3.63, 3.8) is 0 Å². The molecule has 1 saturated heterocycles. The largest absolute Gasteiger partial charge is 0.378 e. The lowest BCUT2D eigenvalue weighted by atomic mass is 10.2. The molecular formula is C20H20ClN3O2S. The summed E-state index contributed by atoms with van der Waals surface area (Å²) in [6.45, 7) is 2.03. The normalized spacial score (nSPS) is 15.6. The lowest BCUT2D eigenvalue weighted by Crippen LogP contribution is -2.33. The van der Waals surface area contributed by atoms with Crippen LogP contribution >= 0.6 is 23.4 Å². The monoisotopic (exact) mass is 401 g/mol. The van der Waals surface area contributed by atoms with E-state index in [2.05, 4.69) is 5.32 Å². The Morgan fingerprint density at radius 1 is 1.15 bits per heavy atom. The van der Waals surface area contributed by atoms with Gasteiger partial charge in [0, 0.05) is 30.5 Å². The molecule has 140 valence electrons. The van der Waals surface area contributed by atoms with E-state index in [1.807, 2.05) is 56.3 Å². The Labute approximate surface area is 168 Å². The minimum absolute atomic E-state index is 0.1000. The highest BCUT2D eigenvalue weighted by molar-refractivity contribution is 8.18. The third-order valence-electron chi connectivity index (χ3n) is 4.21. The Morgan fingerprint density at radius 3 is 2.52 bits per heavy atom. The zero-order valence-electron chi connectivity index (χ0n) is 15.3. The van der Waals surface area contributed by atoms with Crippen LogP contribution in [0.4, 0.5) is 16.2 Å². The van der Waals surface area contributed by atoms with Crippen LogP contribution in [0.2, 0.25) is 5.02 Å². The summed E-state index contributed by atoms with van der Waals surface area (Å²) in [5.41, 5.74) is 3.73. The molecule has 27 heavy (non-hydrogen) atoms. The number of carbonyl (C=O) groups excluding carboxylic acids is 2. The van der Waals surface area contributed by atoms with E-state index in [0.29, 0.717) is 9.93 Å². The molecule has 0 aliphatic carbocycles. The van der Waals surface area contributed by atoms with Gasteiger partial charge in [-0.05, 0) is 60.2 Å². The Balaban J connectivity index is 1.71. The smallest absolute Gasteiger partial charge is 0.295 e. The zero-order chi connectivity index (χ0) is 19.6. The maximum Gasteiger partial charge on any atom is 0.295 e. The van der Waals surface area contributed by atoms with Crippen molar-refractivity contribution < 1.29 is 9.59 Å². The second-order valence-electron chi connectivity index (χ2n) is 6.39. The summed E-state index contributed by atoms with van der Waals surface area (Å²) in [6, 6.07) is 13.3. The van der Waals surface area contributed by atoms with Gasteiger partial charge in [0.25, 0.3) is 11.1 Å². The van der Waals surface area contributed by atoms with Gasteiger partial charge in [-0.1, -0.05) is 29.8 Å². The van der Waals surface area contributed by atoms with E-state index in [4.69, 9.17) is 11.6 Å². The van der Waals surface area contributed by atoms with Crippen molar-refractivity contribution in [1.29, 1.82) is 0 Å². The summed E-state index contributed by atoms with van der Waals surface area (Å²) >= 11 is 6.96. The first-order valence-corrected chi connectivity index (χ1v) is 9.57. The van der Waals surface area contributed by atoms with Crippen LogP contribution in [0, 0.1) is 6.92 Å². The van der Waals surface area contributed by atoms with Gasteiger partial charge in [-0.25, -0.2) is 0 Å². The highest BCUT2D eigenvalue weighted by Crippen LogP contribution is 2.32. The van der Waals surface area contributed by atoms with Gasteiger partial charge >= 0.3 is 0 Å². The second-order valence-corrected chi connectivity index (χ2v) is 7.82. The molecule has 2 amide bonds. The average molecular weight is 402 g/mol. The van der Waals surface area contributed by atoms with E-state index >= 15 is 0 Å². The molecule has 3 rings (SSSR count). The number of nitrogens with one attached hydrogen (secondary N) is 1. The third-order valence-corrected chi connectivity index (χ3v) is 5.35. The van der Waals surface area contributed by atoms with Gasteiger partial charge < -0.3 is 10.2 Å². The maximum absolute atomic E-state index is 12.6. The van der Waals surface area contributed by atoms with Gasteiger partial charge in [0.2, 0.25) is 0 Å². The molecule has 1 aliphatic rings. The van der Waals surface area contributed by atoms with Crippen molar-refractivity contribution in [2.45, 2.75) is 6.92 Å². The number of amides is 2. The molecule has 0 bridgehead atoms. The highest BCUT2D eigenvalue weighted by Gasteiger charge is 2.34. The standard InChI is InChI=1S/C20H20ClN3O2S/c1-13-4-7-15(21)11-17(13)22-12-24-19(25)18(27-20(24)26)10-14-5-8-16(9-6-14)23(2)3/h4-11,22H,12H2,1-3H3. The first-order valence-electron chi connectivity index (χ1n) is 8.38. The van der Waals surface area contributed by atoms with Crippen LogP contribution in [0.1, 0.15) is 11.1 Å². The Kier molecular flexibility index (Phi) is 5.77. The molecule has 1 aliphatic heterocycles. The Morgan fingerprint density at radius 2 is 1.85 bits per heavy atom. The predicted octanol–water partition coefficient (Wildman–Crippen LogP) is 4.82. The molecule has 0 aromatic heterocycles. The van der Waals surface area contributed by atoms with Crippen molar-refractivity contribution in [3.05, 3.63) is 63.5 Å². The first kappa shape index (κ1) is 19.3. The fourth-order valence-electron chi connectivity index (χ4n) is 2.61. The van der Waals surface area contributed by atoms with E-state index in [0.717, 1.165) is 34.3 Å². The lowest BCUT2D eigenvalue weighted by Gasteiger charge is -2.16. The summed E-state index contributed by atoms with van der Waals surface area (Å²) in [6.07, 6.45) is 1.75. The molecule has 5 nitrogen and oxygen atoms in total. The summed E-state index contributed by atoms with van der Waals surface area (Å²) < 4.78 is 0. The van der Waals surface area contributed by atoms with Crippen LogP contribution in [0.25, 0.3) is 6.08 Å². The van der Waals surface area contributed by atoms with Crippen LogP contribution in [-0.2, 0) is 4.79 Å². The van der Waals surface area contributed by atoms with E-state index in [1.165, 1.54) is 4.90 Å². The number of halogens is 1. The van der Waals surface area contributed by atoms with Gasteiger partial charge in [-0.15, -0.1) is 0 Å². The summed E-state index contributed by atoms with van der Waals surface area (Å²) in [5, 5.41) is 3.42. The number of nitrogens with zero attached hydrogens (tertiary/aromatic N) is 2. The average Bonchev–Trinajstić information content (AvgIpc) is 2.89. The molecule has 0 unspecified atom stereocenters. The van der Waals surface area contributed by atoms with E-state index < -0.39 is 0 Å². The number of rotatable bonds is 5. The minimum Gasteiger partial charge on any atom is -0.378 e. The number of aryl methyl sites for hydroxylation is 1. The molecule has 0 saturated carbocycles.